The van der Waals surface area contributed by atoms with E-state index in [2.05, 4.69) is 10.4 Å². The molecule has 7 heteroatoms. The summed E-state index contributed by atoms with van der Waals surface area (Å²) >= 11 is 0. The lowest BCUT2D eigenvalue weighted by molar-refractivity contribution is -0.119. The zero-order valence-electron chi connectivity index (χ0n) is 15.8. The highest BCUT2D eigenvalue weighted by molar-refractivity contribution is 5.97. The number of hydrogen-bond donors (Lipinski definition) is 2. The molecule has 0 bridgehead atoms. The normalized spacial score (nSPS) is 10.5. The number of benzene rings is 2. The first-order valence-corrected chi connectivity index (χ1v) is 8.86. The molecule has 0 saturated heterocycles. The number of hydrogen-bond acceptors (Lipinski definition) is 4. The van der Waals surface area contributed by atoms with E-state index in [9.17, 15) is 9.59 Å². The molecule has 3 rings (SSSR count). The van der Waals surface area contributed by atoms with E-state index in [1.165, 1.54) is 0 Å². The van der Waals surface area contributed by atoms with Gasteiger partial charge in [-0.1, -0.05) is 30.3 Å². The number of nitrogens with two attached hydrogens (primary N) is 1. The van der Waals surface area contributed by atoms with Crippen molar-refractivity contribution < 1.29 is 14.3 Å². The molecule has 0 radical (unpaired) electrons. The lowest BCUT2D eigenvalue weighted by Crippen LogP contribution is -2.25. The van der Waals surface area contributed by atoms with E-state index in [1.807, 2.05) is 48.9 Å². The van der Waals surface area contributed by atoms with Crippen molar-refractivity contribution >= 4 is 11.8 Å². The Hall–Kier alpha value is -3.61. The molecule has 0 atom stereocenters. The molecule has 0 spiro atoms. The molecule has 0 aliphatic rings. The van der Waals surface area contributed by atoms with Gasteiger partial charge in [0.05, 0.1) is 16.9 Å². The van der Waals surface area contributed by atoms with Gasteiger partial charge in [0.1, 0.15) is 5.75 Å². The Labute approximate surface area is 163 Å². The Morgan fingerprint density at radius 1 is 1.07 bits per heavy atom. The molecular weight excluding hydrogens is 356 g/mol. The first kappa shape index (κ1) is 19.2. The first-order valence-electron chi connectivity index (χ1n) is 8.86. The van der Waals surface area contributed by atoms with E-state index in [0.29, 0.717) is 17.9 Å². The predicted molar refractivity (Wildman–Crippen MR) is 105 cm³/mol. The predicted octanol–water partition coefficient (Wildman–Crippen LogP) is 2.28. The molecule has 2 aromatic carbocycles. The van der Waals surface area contributed by atoms with Crippen molar-refractivity contribution in [2.24, 2.45) is 5.73 Å². The van der Waals surface area contributed by atoms with E-state index >= 15 is 0 Å². The Morgan fingerprint density at radius 2 is 1.75 bits per heavy atom. The lowest BCUT2D eigenvalue weighted by atomic mass is 10.1. The first-order chi connectivity index (χ1) is 13.5. The summed E-state index contributed by atoms with van der Waals surface area (Å²) in [4.78, 5) is 23.6. The maximum atomic E-state index is 12.6. The van der Waals surface area contributed by atoms with Crippen molar-refractivity contribution in [3.63, 3.8) is 0 Å². The molecule has 3 N–H and O–H groups in total. The smallest absolute Gasteiger partial charge is 0.255 e. The fourth-order valence-electron chi connectivity index (χ4n) is 2.94. The SMILES string of the molecule is Cc1nn(-c2ccccc2)c(C)c1CNC(=O)c1ccccc1OCC(N)=O. The second-order valence-electron chi connectivity index (χ2n) is 6.33. The Kier molecular flexibility index (Phi) is 5.74. The Bertz CT molecular complexity index is 996. The number of nitrogens with zero attached hydrogens (tertiary/aromatic N) is 2. The van der Waals surface area contributed by atoms with Crippen LogP contribution in [0, 0.1) is 13.8 Å². The van der Waals surface area contributed by atoms with Gasteiger partial charge in [-0.2, -0.15) is 5.10 Å². The summed E-state index contributed by atoms with van der Waals surface area (Å²) in [5.74, 6) is -0.589. The average Bonchev–Trinajstić information content (AvgIpc) is 2.99. The van der Waals surface area contributed by atoms with Gasteiger partial charge in [-0.05, 0) is 38.1 Å². The van der Waals surface area contributed by atoms with Crippen LogP contribution in [0.5, 0.6) is 5.75 Å². The second-order valence-corrected chi connectivity index (χ2v) is 6.33. The molecular formula is C21H22N4O3. The quantitative estimate of drug-likeness (QED) is 0.659. The number of aromatic nitrogens is 2. The molecule has 1 aromatic heterocycles. The molecule has 2 amide bonds. The summed E-state index contributed by atoms with van der Waals surface area (Å²) in [5.41, 5.74) is 9.18. The molecule has 0 fully saturated rings. The highest BCUT2D eigenvalue weighted by atomic mass is 16.5. The lowest BCUT2D eigenvalue weighted by Gasteiger charge is -2.11. The Morgan fingerprint density at radius 3 is 2.46 bits per heavy atom. The third-order valence-electron chi connectivity index (χ3n) is 4.37. The van der Waals surface area contributed by atoms with Crippen LogP contribution in [0.2, 0.25) is 0 Å². The van der Waals surface area contributed by atoms with Crippen molar-refractivity contribution in [1.82, 2.24) is 15.1 Å². The molecule has 144 valence electrons. The van der Waals surface area contributed by atoms with Crippen LogP contribution in [0.1, 0.15) is 27.3 Å². The molecule has 0 unspecified atom stereocenters. The minimum absolute atomic E-state index is 0.285. The number of carbonyl (C=O) groups is 2. The third-order valence-corrected chi connectivity index (χ3v) is 4.37. The third kappa shape index (κ3) is 4.20. The summed E-state index contributed by atoms with van der Waals surface area (Å²) in [6.45, 7) is 3.93. The number of aryl methyl sites for hydroxylation is 1. The molecule has 0 aliphatic carbocycles. The molecule has 28 heavy (non-hydrogen) atoms. The van der Waals surface area contributed by atoms with Crippen molar-refractivity contribution in [1.29, 1.82) is 0 Å². The summed E-state index contributed by atoms with van der Waals surface area (Å²) in [7, 11) is 0. The number of nitrogens with one attached hydrogen (secondary N) is 1. The van der Waals surface area contributed by atoms with Crippen molar-refractivity contribution in [3.05, 3.63) is 77.1 Å². The minimum atomic E-state index is -0.602. The van der Waals surface area contributed by atoms with Crippen LogP contribution in [0.15, 0.2) is 54.6 Å². The van der Waals surface area contributed by atoms with Gasteiger partial charge in [0.15, 0.2) is 6.61 Å². The number of carbonyl (C=O) groups excluding carboxylic acids is 2. The van der Waals surface area contributed by atoms with Gasteiger partial charge < -0.3 is 15.8 Å². The fraction of sp³-hybridized carbons (Fsp3) is 0.190. The summed E-state index contributed by atoms with van der Waals surface area (Å²) < 4.78 is 7.19. The highest BCUT2D eigenvalue weighted by Gasteiger charge is 2.16. The molecule has 0 aliphatic heterocycles. The van der Waals surface area contributed by atoms with Gasteiger partial charge in [-0.3, -0.25) is 9.59 Å². The van der Waals surface area contributed by atoms with E-state index in [4.69, 9.17) is 10.5 Å². The molecule has 0 saturated carbocycles. The zero-order chi connectivity index (χ0) is 20.1. The van der Waals surface area contributed by atoms with Gasteiger partial charge in [-0.25, -0.2) is 4.68 Å². The van der Waals surface area contributed by atoms with Crippen molar-refractivity contribution in [2.45, 2.75) is 20.4 Å². The minimum Gasteiger partial charge on any atom is -0.483 e. The van der Waals surface area contributed by atoms with E-state index in [0.717, 1.165) is 22.6 Å². The van der Waals surface area contributed by atoms with Crippen LogP contribution in [0.25, 0.3) is 5.69 Å². The monoisotopic (exact) mass is 378 g/mol. The van der Waals surface area contributed by atoms with Gasteiger partial charge >= 0.3 is 0 Å². The number of ether oxygens (including phenoxy) is 1. The Balaban J connectivity index is 1.76. The van der Waals surface area contributed by atoms with Crippen molar-refractivity contribution in [2.75, 3.05) is 6.61 Å². The summed E-state index contributed by atoms with van der Waals surface area (Å²) in [6.07, 6.45) is 0. The van der Waals surface area contributed by atoms with Crippen molar-refractivity contribution in [3.8, 4) is 11.4 Å². The average molecular weight is 378 g/mol. The largest absolute Gasteiger partial charge is 0.483 e. The highest BCUT2D eigenvalue weighted by Crippen LogP contribution is 2.20. The van der Waals surface area contributed by atoms with Crippen LogP contribution in [0.4, 0.5) is 0 Å². The van der Waals surface area contributed by atoms with Gasteiger partial charge in [-0.15, -0.1) is 0 Å². The topological polar surface area (TPSA) is 99.2 Å². The van der Waals surface area contributed by atoms with Crippen LogP contribution in [0.3, 0.4) is 0 Å². The zero-order valence-corrected chi connectivity index (χ0v) is 15.8. The maximum Gasteiger partial charge on any atom is 0.255 e. The van der Waals surface area contributed by atoms with Crippen LogP contribution >= 0.6 is 0 Å². The van der Waals surface area contributed by atoms with E-state index in [-0.39, 0.29) is 12.5 Å². The molecule has 7 nitrogen and oxygen atoms in total. The molecule has 1 heterocycles. The van der Waals surface area contributed by atoms with Crippen LogP contribution in [-0.4, -0.2) is 28.2 Å². The fourth-order valence-corrected chi connectivity index (χ4v) is 2.94. The molecule has 3 aromatic rings. The number of para-hydroxylation sites is 2. The van der Waals surface area contributed by atoms with Crippen LogP contribution in [-0.2, 0) is 11.3 Å². The number of amides is 2. The van der Waals surface area contributed by atoms with Gasteiger partial charge in [0, 0.05) is 17.8 Å². The van der Waals surface area contributed by atoms with Crippen LogP contribution < -0.4 is 15.8 Å². The number of rotatable bonds is 7. The maximum absolute atomic E-state index is 12.6. The second kappa shape index (κ2) is 8.39. The summed E-state index contributed by atoms with van der Waals surface area (Å²) in [6, 6.07) is 16.5. The van der Waals surface area contributed by atoms with E-state index in [1.54, 1.807) is 24.3 Å². The van der Waals surface area contributed by atoms with Gasteiger partial charge in [0.2, 0.25) is 0 Å². The van der Waals surface area contributed by atoms with Gasteiger partial charge in [0.25, 0.3) is 11.8 Å². The summed E-state index contributed by atoms with van der Waals surface area (Å²) in [5, 5.41) is 7.49. The standard InChI is InChI=1S/C21H22N4O3/c1-14-18(15(2)25(24-14)16-8-4-3-5-9-16)12-23-21(27)17-10-6-7-11-19(17)28-13-20(22)26/h3-11H,12-13H2,1-2H3,(H2,22,26)(H,23,27). The number of primary amides is 1. The van der Waals surface area contributed by atoms with E-state index < -0.39 is 5.91 Å².